The zero-order valence-corrected chi connectivity index (χ0v) is 15.5. The molecule has 140 valence electrons. The minimum Gasteiger partial charge on any atom is -0.351 e. The van der Waals surface area contributed by atoms with Gasteiger partial charge >= 0.3 is 5.69 Å². The first-order valence-corrected chi connectivity index (χ1v) is 9.97. The number of carbonyl (C=O) groups is 1. The van der Waals surface area contributed by atoms with E-state index in [1.165, 1.54) is 16.7 Å². The van der Waals surface area contributed by atoms with Crippen molar-refractivity contribution in [3.05, 3.63) is 82.5 Å². The van der Waals surface area contributed by atoms with E-state index >= 15 is 0 Å². The third-order valence-electron chi connectivity index (χ3n) is 4.11. The van der Waals surface area contributed by atoms with Gasteiger partial charge in [-0.2, -0.15) is 0 Å². The molecule has 0 radical (unpaired) electrons. The van der Waals surface area contributed by atoms with Crippen molar-refractivity contribution in [2.24, 2.45) is 0 Å². The van der Waals surface area contributed by atoms with Crippen LogP contribution in [-0.2, 0) is 9.84 Å². The lowest BCUT2D eigenvalue weighted by Crippen LogP contribution is -2.29. The lowest BCUT2D eigenvalue weighted by atomic mass is 10.2. The Morgan fingerprint density at radius 2 is 1.74 bits per heavy atom. The van der Waals surface area contributed by atoms with E-state index < -0.39 is 9.84 Å². The van der Waals surface area contributed by atoms with E-state index in [0.29, 0.717) is 11.3 Å². The number of hydrogen-bond acceptors (Lipinski definition) is 4. The van der Waals surface area contributed by atoms with E-state index in [4.69, 9.17) is 0 Å². The molecule has 2 aromatic carbocycles. The molecule has 0 aliphatic rings. The van der Waals surface area contributed by atoms with Gasteiger partial charge in [-0.1, -0.05) is 18.2 Å². The minimum atomic E-state index is -3.44. The maximum Gasteiger partial charge on any atom is 0.330 e. The molecule has 8 heteroatoms. The van der Waals surface area contributed by atoms with Gasteiger partial charge in [-0.05, 0) is 43.3 Å². The Bertz CT molecular complexity index is 1100. The van der Waals surface area contributed by atoms with Gasteiger partial charge in [-0.15, -0.1) is 0 Å². The largest absolute Gasteiger partial charge is 0.351 e. The number of aryl methyl sites for hydroxylation is 1. The average Bonchev–Trinajstić information content (AvgIpc) is 3.01. The van der Waals surface area contributed by atoms with Crippen molar-refractivity contribution in [2.45, 2.75) is 11.8 Å². The smallest absolute Gasteiger partial charge is 0.330 e. The van der Waals surface area contributed by atoms with Crippen molar-refractivity contribution in [2.75, 3.05) is 12.3 Å². The topological polar surface area (TPSA) is 101 Å². The highest BCUT2D eigenvalue weighted by atomic mass is 32.2. The van der Waals surface area contributed by atoms with E-state index in [9.17, 15) is 18.0 Å². The normalized spacial score (nSPS) is 11.3. The predicted molar refractivity (Wildman–Crippen MR) is 102 cm³/mol. The number of amides is 1. The van der Waals surface area contributed by atoms with Crippen LogP contribution in [-0.4, -0.2) is 36.2 Å². The summed E-state index contributed by atoms with van der Waals surface area (Å²) in [7, 11) is -3.44. The predicted octanol–water partition coefficient (Wildman–Crippen LogP) is 1.68. The number of imidazole rings is 1. The summed E-state index contributed by atoms with van der Waals surface area (Å²) in [5, 5.41) is 2.61. The quantitative estimate of drug-likeness (QED) is 0.674. The summed E-state index contributed by atoms with van der Waals surface area (Å²) >= 11 is 0. The second-order valence-electron chi connectivity index (χ2n) is 6.01. The Morgan fingerprint density at radius 3 is 2.33 bits per heavy atom. The number of sulfone groups is 1. The first-order valence-electron chi connectivity index (χ1n) is 8.32. The SMILES string of the molecule is Cc1c[nH]c(=O)n1-c1ccc(C(=O)NCCS(=O)(=O)c2ccccc2)cc1. The van der Waals surface area contributed by atoms with Gasteiger partial charge in [-0.25, -0.2) is 13.2 Å². The number of rotatable bonds is 6. The van der Waals surface area contributed by atoms with Gasteiger partial charge in [0.05, 0.1) is 16.3 Å². The molecule has 2 N–H and O–H groups in total. The highest BCUT2D eigenvalue weighted by molar-refractivity contribution is 7.91. The lowest BCUT2D eigenvalue weighted by molar-refractivity contribution is 0.0956. The molecule has 27 heavy (non-hydrogen) atoms. The molecule has 1 aromatic heterocycles. The van der Waals surface area contributed by atoms with Crippen LogP contribution in [0.3, 0.4) is 0 Å². The summed E-state index contributed by atoms with van der Waals surface area (Å²) in [6.45, 7) is 1.81. The molecule has 0 atom stereocenters. The summed E-state index contributed by atoms with van der Waals surface area (Å²) in [5.74, 6) is -0.554. The molecular weight excluding hydrogens is 366 g/mol. The van der Waals surface area contributed by atoms with Crippen LogP contribution in [0.25, 0.3) is 5.69 Å². The molecule has 1 amide bonds. The van der Waals surface area contributed by atoms with E-state index in [1.54, 1.807) is 55.6 Å². The zero-order valence-electron chi connectivity index (χ0n) is 14.7. The van der Waals surface area contributed by atoms with Crippen LogP contribution in [0.15, 0.2) is 70.5 Å². The maximum absolute atomic E-state index is 12.2. The molecule has 7 nitrogen and oxygen atoms in total. The molecule has 0 fully saturated rings. The molecule has 0 saturated carbocycles. The van der Waals surface area contributed by atoms with Crippen molar-refractivity contribution >= 4 is 15.7 Å². The molecule has 0 bridgehead atoms. The zero-order chi connectivity index (χ0) is 19.4. The molecule has 0 unspecified atom stereocenters. The second-order valence-corrected chi connectivity index (χ2v) is 8.11. The average molecular weight is 385 g/mol. The number of H-pyrrole nitrogens is 1. The number of carbonyl (C=O) groups excluding carboxylic acids is 1. The first kappa shape index (κ1) is 18.7. The molecule has 0 aliphatic carbocycles. The van der Waals surface area contributed by atoms with Crippen molar-refractivity contribution in [1.82, 2.24) is 14.9 Å². The third-order valence-corrected chi connectivity index (χ3v) is 5.84. The van der Waals surface area contributed by atoms with E-state index in [2.05, 4.69) is 10.3 Å². The number of aromatic nitrogens is 2. The first-order chi connectivity index (χ1) is 12.9. The van der Waals surface area contributed by atoms with Crippen LogP contribution in [0.4, 0.5) is 0 Å². The van der Waals surface area contributed by atoms with Gasteiger partial charge in [0.25, 0.3) is 5.91 Å². The molecule has 0 spiro atoms. The van der Waals surface area contributed by atoms with Gasteiger partial charge in [0.2, 0.25) is 0 Å². The van der Waals surface area contributed by atoms with Crippen LogP contribution in [0, 0.1) is 6.92 Å². The molecule has 3 aromatic rings. The fourth-order valence-electron chi connectivity index (χ4n) is 2.68. The Morgan fingerprint density at radius 1 is 1.07 bits per heavy atom. The number of nitrogens with one attached hydrogen (secondary N) is 2. The summed E-state index contributed by atoms with van der Waals surface area (Å²) in [6.07, 6.45) is 1.61. The fourth-order valence-corrected chi connectivity index (χ4v) is 3.86. The molecule has 0 aliphatic heterocycles. The van der Waals surface area contributed by atoms with Crippen LogP contribution in [0.2, 0.25) is 0 Å². The maximum atomic E-state index is 12.2. The van der Waals surface area contributed by atoms with Gasteiger partial charge in [0.15, 0.2) is 9.84 Å². The van der Waals surface area contributed by atoms with E-state index in [0.717, 1.165) is 5.69 Å². The fraction of sp³-hybridized carbons (Fsp3) is 0.158. The van der Waals surface area contributed by atoms with Crippen LogP contribution in [0.5, 0.6) is 0 Å². The standard InChI is InChI=1S/C19H19N3O4S/c1-14-13-21-19(24)22(14)16-9-7-15(8-10-16)18(23)20-11-12-27(25,26)17-5-3-2-4-6-17/h2-10,13H,11-12H2,1H3,(H,20,23)(H,21,24). The Hall–Kier alpha value is -3.13. The summed E-state index contributed by atoms with van der Waals surface area (Å²) in [4.78, 5) is 26.8. The van der Waals surface area contributed by atoms with Gasteiger partial charge < -0.3 is 10.3 Å². The van der Waals surface area contributed by atoms with Crippen LogP contribution < -0.4 is 11.0 Å². The van der Waals surface area contributed by atoms with Crippen molar-refractivity contribution in [1.29, 1.82) is 0 Å². The summed E-state index contributed by atoms with van der Waals surface area (Å²) in [6, 6.07) is 14.6. The van der Waals surface area contributed by atoms with E-state index in [1.807, 2.05) is 0 Å². The van der Waals surface area contributed by atoms with Crippen molar-refractivity contribution < 1.29 is 13.2 Å². The highest BCUT2D eigenvalue weighted by Gasteiger charge is 2.14. The van der Waals surface area contributed by atoms with Gasteiger partial charge in [-0.3, -0.25) is 9.36 Å². The molecular formula is C19H19N3O4S. The number of nitrogens with zero attached hydrogens (tertiary/aromatic N) is 1. The highest BCUT2D eigenvalue weighted by Crippen LogP contribution is 2.11. The van der Waals surface area contributed by atoms with Crippen LogP contribution >= 0.6 is 0 Å². The van der Waals surface area contributed by atoms with Gasteiger partial charge in [0, 0.05) is 24.0 Å². The number of hydrogen-bond donors (Lipinski definition) is 2. The van der Waals surface area contributed by atoms with E-state index in [-0.39, 0.29) is 28.8 Å². The third kappa shape index (κ3) is 4.17. The summed E-state index contributed by atoms with van der Waals surface area (Å²) in [5.41, 5.74) is 1.53. The Labute approximate surface area is 156 Å². The molecule has 0 saturated heterocycles. The summed E-state index contributed by atoms with van der Waals surface area (Å²) < 4.78 is 25.9. The van der Waals surface area contributed by atoms with Crippen LogP contribution in [0.1, 0.15) is 16.1 Å². The second kappa shape index (κ2) is 7.63. The molecule has 3 rings (SSSR count). The lowest BCUT2D eigenvalue weighted by Gasteiger charge is -2.08. The monoisotopic (exact) mass is 385 g/mol. The molecule has 1 heterocycles. The minimum absolute atomic E-state index is 0.00812. The van der Waals surface area contributed by atoms with Gasteiger partial charge in [0.1, 0.15) is 0 Å². The number of benzene rings is 2. The Kier molecular flexibility index (Phi) is 5.27. The van der Waals surface area contributed by atoms with Crippen molar-refractivity contribution in [3.8, 4) is 5.69 Å². The van der Waals surface area contributed by atoms with Crippen molar-refractivity contribution in [3.63, 3.8) is 0 Å². The number of aromatic amines is 1. The Balaban J connectivity index is 1.63.